The molecule has 122 valence electrons. The summed E-state index contributed by atoms with van der Waals surface area (Å²) in [5.41, 5.74) is 1.03. The van der Waals surface area contributed by atoms with Crippen molar-refractivity contribution in [2.45, 2.75) is 20.3 Å². The standard InChI is InChI=1S/C17H21N3O3/c1-3-19(4-2)12-14-15(21)18-17(23)20(16(14)22)11-10-13-8-6-5-7-9-13/h5-9,12H,3-4,10-11H2,1-2H3,(H,18,21,23)/b14-12+. The van der Waals surface area contributed by atoms with E-state index in [0.717, 1.165) is 10.5 Å². The molecule has 1 heterocycles. The van der Waals surface area contributed by atoms with E-state index in [-0.39, 0.29) is 12.1 Å². The van der Waals surface area contributed by atoms with Crippen LogP contribution in [0.2, 0.25) is 0 Å². The molecule has 1 aliphatic rings. The third kappa shape index (κ3) is 3.97. The lowest BCUT2D eigenvalue weighted by Crippen LogP contribution is -2.55. The average Bonchev–Trinajstić information content (AvgIpc) is 2.55. The lowest BCUT2D eigenvalue weighted by atomic mass is 10.1. The predicted octanol–water partition coefficient (Wildman–Crippen LogP) is 1.53. The minimum absolute atomic E-state index is 0.00126. The number of amides is 4. The number of nitrogens with zero attached hydrogens (tertiary/aromatic N) is 2. The number of urea groups is 1. The number of carbonyl (C=O) groups is 3. The Kier molecular flexibility index (Phi) is 5.51. The number of nitrogens with one attached hydrogen (secondary N) is 1. The molecule has 0 radical (unpaired) electrons. The Morgan fingerprint density at radius 3 is 2.35 bits per heavy atom. The van der Waals surface area contributed by atoms with Gasteiger partial charge in [-0.1, -0.05) is 30.3 Å². The fraction of sp³-hybridized carbons (Fsp3) is 0.353. The topological polar surface area (TPSA) is 69.7 Å². The highest BCUT2D eigenvalue weighted by Crippen LogP contribution is 2.12. The minimum atomic E-state index is -0.660. The predicted molar refractivity (Wildman–Crippen MR) is 86.4 cm³/mol. The van der Waals surface area contributed by atoms with Gasteiger partial charge < -0.3 is 4.90 Å². The maximum Gasteiger partial charge on any atom is 0.331 e. The van der Waals surface area contributed by atoms with E-state index < -0.39 is 17.8 Å². The summed E-state index contributed by atoms with van der Waals surface area (Å²) in [6.45, 7) is 5.46. The molecule has 23 heavy (non-hydrogen) atoms. The van der Waals surface area contributed by atoms with Crippen molar-refractivity contribution in [2.75, 3.05) is 19.6 Å². The fourth-order valence-corrected chi connectivity index (χ4v) is 2.36. The number of hydrogen-bond donors (Lipinski definition) is 1. The van der Waals surface area contributed by atoms with Gasteiger partial charge in [0.25, 0.3) is 11.8 Å². The van der Waals surface area contributed by atoms with Crippen LogP contribution >= 0.6 is 0 Å². The highest BCUT2D eigenvalue weighted by atomic mass is 16.2. The zero-order chi connectivity index (χ0) is 16.8. The van der Waals surface area contributed by atoms with E-state index in [2.05, 4.69) is 5.32 Å². The molecule has 0 bridgehead atoms. The van der Waals surface area contributed by atoms with Crippen LogP contribution in [0.1, 0.15) is 19.4 Å². The molecule has 1 aromatic carbocycles. The summed E-state index contributed by atoms with van der Waals surface area (Å²) in [4.78, 5) is 39.3. The van der Waals surface area contributed by atoms with Gasteiger partial charge in [-0.25, -0.2) is 4.79 Å². The lowest BCUT2D eigenvalue weighted by Gasteiger charge is -2.27. The quantitative estimate of drug-likeness (QED) is 0.638. The Bertz CT molecular complexity index is 621. The summed E-state index contributed by atoms with van der Waals surface area (Å²) in [5.74, 6) is -1.18. The van der Waals surface area contributed by atoms with Crippen LogP contribution in [0.3, 0.4) is 0 Å². The number of rotatable bonds is 6. The lowest BCUT2D eigenvalue weighted by molar-refractivity contribution is -0.130. The first kappa shape index (κ1) is 16.7. The number of benzene rings is 1. The molecule has 6 nitrogen and oxygen atoms in total. The monoisotopic (exact) mass is 315 g/mol. The van der Waals surface area contributed by atoms with Crippen LogP contribution in [-0.4, -0.2) is 47.3 Å². The largest absolute Gasteiger partial charge is 0.377 e. The summed E-state index contributed by atoms with van der Waals surface area (Å²) in [5, 5.41) is 2.23. The molecule has 2 rings (SSSR count). The second-order valence-corrected chi connectivity index (χ2v) is 5.22. The highest BCUT2D eigenvalue weighted by molar-refractivity contribution is 6.28. The van der Waals surface area contributed by atoms with Gasteiger partial charge in [-0.2, -0.15) is 0 Å². The molecule has 0 aliphatic carbocycles. The maximum absolute atomic E-state index is 12.5. The highest BCUT2D eigenvalue weighted by Gasteiger charge is 2.35. The van der Waals surface area contributed by atoms with E-state index in [1.807, 2.05) is 49.1 Å². The van der Waals surface area contributed by atoms with E-state index in [1.54, 1.807) is 0 Å². The molecule has 1 aliphatic heterocycles. The van der Waals surface area contributed by atoms with Gasteiger partial charge in [0, 0.05) is 25.8 Å². The van der Waals surface area contributed by atoms with Gasteiger partial charge in [0.15, 0.2) is 0 Å². The molecular formula is C17H21N3O3. The van der Waals surface area contributed by atoms with Gasteiger partial charge >= 0.3 is 6.03 Å². The Labute approximate surface area is 135 Å². The smallest absolute Gasteiger partial charge is 0.331 e. The molecule has 1 aromatic rings. The normalized spacial score (nSPS) is 16.7. The summed E-state index contributed by atoms with van der Waals surface area (Å²) in [6.07, 6.45) is 2.08. The second kappa shape index (κ2) is 7.58. The summed E-state index contributed by atoms with van der Waals surface area (Å²) in [7, 11) is 0. The minimum Gasteiger partial charge on any atom is -0.377 e. The summed E-state index contributed by atoms with van der Waals surface area (Å²) >= 11 is 0. The van der Waals surface area contributed by atoms with Crippen molar-refractivity contribution in [3.8, 4) is 0 Å². The molecule has 1 saturated heterocycles. The van der Waals surface area contributed by atoms with Crippen molar-refractivity contribution in [1.82, 2.24) is 15.1 Å². The molecule has 0 saturated carbocycles. The number of barbiturate groups is 1. The fourth-order valence-electron chi connectivity index (χ4n) is 2.36. The van der Waals surface area contributed by atoms with Crippen molar-refractivity contribution in [2.24, 2.45) is 0 Å². The molecule has 0 unspecified atom stereocenters. The van der Waals surface area contributed by atoms with E-state index >= 15 is 0 Å². The molecular weight excluding hydrogens is 294 g/mol. The van der Waals surface area contributed by atoms with Crippen molar-refractivity contribution in [1.29, 1.82) is 0 Å². The van der Waals surface area contributed by atoms with Gasteiger partial charge in [0.2, 0.25) is 0 Å². The van der Waals surface area contributed by atoms with Crippen LogP contribution in [0.5, 0.6) is 0 Å². The van der Waals surface area contributed by atoms with E-state index in [1.165, 1.54) is 6.20 Å². The Morgan fingerprint density at radius 2 is 1.74 bits per heavy atom. The SMILES string of the molecule is CCN(/C=C1\C(=O)NC(=O)N(CCc2ccccc2)C1=O)CC. The number of carbonyl (C=O) groups excluding carboxylic acids is 3. The van der Waals surface area contributed by atoms with E-state index in [0.29, 0.717) is 19.5 Å². The second-order valence-electron chi connectivity index (χ2n) is 5.22. The van der Waals surface area contributed by atoms with Crippen molar-refractivity contribution >= 4 is 17.8 Å². The third-order valence-electron chi connectivity index (χ3n) is 3.78. The molecule has 0 aromatic heterocycles. The molecule has 1 fully saturated rings. The van der Waals surface area contributed by atoms with Crippen LogP contribution in [0.25, 0.3) is 0 Å². The Hall–Kier alpha value is -2.63. The van der Waals surface area contributed by atoms with Crippen LogP contribution in [0.15, 0.2) is 42.1 Å². The molecule has 0 spiro atoms. The molecule has 6 heteroatoms. The number of imide groups is 2. The van der Waals surface area contributed by atoms with Gasteiger partial charge in [0.1, 0.15) is 5.57 Å². The van der Waals surface area contributed by atoms with E-state index in [9.17, 15) is 14.4 Å². The van der Waals surface area contributed by atoms with Crippen LogP contribution in [-0.2, 0) is 16.0 Å². The van der Waals surface area contributed by atoms with E-state index in [4.69, 9.17) is 0 Å². The first-order valence-electron chi connectivity index (χ1n) is 7.73. The third-order valence-corrected chi connectivity index (χ3v) is 3.78. The molecule has 4 amide bonds. The van der Waals surface area contributed by atoms with Crippen molar-refractivity contribution < 1.29 is 14.4 Å². The molecule has 1 N–H and O–H groups in total. The summed E-state index contributed by atoms with van der Waals surface area (Å²) < 4.78 is 0. The maximum atomic E-state index is 12.5. The first-order chi connectivity index (χ1) is 11.1. The van der Waals surface area contributed by atoms with Crippen LogP contribution in [0, 0.1) is 0 Å². The van der Waals surface area contributed by atoms with Crippen LogP contribution in [0.4, 0.5) is 4.79 Å². The zero-order valence-electron chi connectivity index (χ0n) is 13.4. The van der Waals surface area contributed by atoms with Crippen molar-refractivity contribution in [3.63, 3.8) is 0 Å². The van der Waals surface area contributed by atoms with Gasteiger partial charge in [-0.05, 0) is 25.8 Å². The van der Waals surface area contributed by atoms with Crippen molar-refractivity contribution in [3.05, 3.63) is 47.7 Å². The Balaban J connectivity index is 2.14. The van der Waals surface area contributed by atoms with Gasteiger partial charge in [0.05, 0.1) is 0 Å². The first-order valence-corrected chi connectivity index (χ1v) is 7.73. The van der Waals surface area contributed by atoms with Crippen LogP contribution < -0.4 is 5.32 Å². The number of hydrogen-bond acceptors (Lipinski definition) is 4. The average molecular weight is 315 g/mol. The van der Waals surface area contributed by atoms with Gasteiger partial charge in [-0.15, -0.1) is 0 Å². The summed E-state index contributed by atoms with van der Waals surface area (Å²) in [6, 6.07) is 8.93. The zero-order valence-corrected chi connectivity index (χ0v) is 13.4. The van der Waals surface area contributed by atoms with Gasteiger partial charge in [-0.3, -0.25) is 19.8 Å². The Morgan fingerprint density at radius 1 is 1.09 bits per heavy atom. The molecule has 0 atom stereocenters.